The van der Waals surface area contributed by atoms with E-state index in [1.54, 1.807) is 18.3 Å². The number of aromatic amines is 1. The van der Waals surface area contributed by atoms with Crippen molar-refractivity contribution in [2.75, 3.05) is 0 Å². The molecule has 6 nitrogen and oxygen atoms in total. The van der Waals surface area contributed by atoms with Gasteiger partial charge in [-0.25, -0.2) is 4.98 Å². The quantitative estimate of drug-likeness (QED) is 0.646. The number of rotatable bonds is 5. The number of nitrogens with two attached hydrogens (primary N) is 1. The van der Waals surface area contributed by atoms with Crippen LogP contribution >= 0.6 is 0 Å². The summed E-state index contributed by atoms with van der Waals surface area (Å²) >= 11 is 0. The monoisotopic (exact) mass is 274 g/mol. The summed E-state index contributed by atoms with van der Waals surface area (Å²) in [6, 6.07) is 6.35. The number of aromatic nitrogens is 2. The summed E-state index contributed by atoms with van der Waals surface area (Å²) in [5.41, 5.74) is 7.46. The van der Waals surface area contributed by atoms with Crippen LogP contribution in [0.25, 0.3) is 11.3 Å². The summed E-state index contributed by atoms with van der Waals surface area (Å²) in [7, 11) is 0. The van der Waals surface area contributed by atoms with E-state index in [0.29, 0.717) is 0 Å². The van der Waals surface area contributed by atoms with Crippen molar-refractivity contribution in [1.82, 2.24) is 9.97 Å². The van der Waals surface area contributed by atoms with Crippen LogP contribution in [0.15, 0.2) is 30.5 Å². The van der Waals surface area contributed by atoms with Gasteiger partial charge in [-0.2, -0.15) is 0 Å². The Morgan fingerprint density at radius 2 is 2.05 bits per heavy atom. The molecule has 0 radical (unpaired) electrons. The van der Waals surface area contributed by atoms with Gasteiger partial charge in [0.25, 0.3) is 5.69 Å². The minimum Gasteiger partial charge on any atom is -0.340 e. The molecule has 1 unspecified atom stereocenters. The van der Waals surface area contributed by atoms with Crippen LogP contribution in [0.5, 0.6) is 0 Å². The molecule has 0 fully saturated rings. The smallest absolute Gasteiger partial charge is 0.269 e. The molecule has 2 aromatic rings. The molecule has 2 rings (SSSR count). The number of hydrogen-bond donors (Lipinski definition) is 2. The summed E-state index contributed by atoms with van der Waals surface area (Å²) in [5.74, 6) is 0.729. The van der Waals surface area contributed by atoms with Gasteiger partial charge in [0.2, 0.25) is 0 Å². The lowest BCUT2D eigenvalue weighted by Crippen LogP contribution is -2.34. The minimum atomic E-state index is -0.492. The maximum atomic E-state index is 10.6. The Morgan fingerprint density at radius 3 is 2.60 bits per heavy atom. The Hall–Kier alpha value is -2.21. The molecule has 0 aliphatic rings. The molecule has 0 bridgehead atoms. The van der Waals surface area contributed by atoms with Gasteiger partial charge in [0.05, 0.1) is 22.4 Å². The molecule has 0 aliphatic heterocycles. The zero-order valence-electron chi connectivity index (χ0n) is 11.6. The first-order valence-corrected chi connectivity index (χ1v) is 6.53. The van der Waals surface area contributed by atoms with Crippen LogP contribution in [0.2, 0.25) is 0 Å². The third-order valence-corrected chi connectivity index (χ3v) is 3.28. The van der Waals surface area contributed by atoms with Crippen molar-refractivity contribution in [3.8, 4) is 11.3 Å². The fourth-order valence-electron chi connectivity index (χ4n) is 2.16. The van der Waals surface area contributed by atoms with Gasteiger partial charge in [-0.05, 0) is 25.5 Å². The van der Waals surface area contributed by atoms with Gasteiger partial charge in [0, 0.05) is 17.7 Å². The van der Waals surface area contributed by atoms with Crippen molar-refractivity contribution in [2.24, 2.45) is 5.73 Å². The van der Waals surface area contributed by atoms with Crippen LogP contribution in [0, 0.1) is 10.1 Å². The highest BCUT2D eigenvalue weighted by molar-refractivity contribution is 5.60. The van der Waals surface area contributed by atoms with Crippen molar-refractivity contribution in [3.05, 3.63) is 46.4 Å². The number of nitrogens with zero attached hydrogens (tertiary/aromatic N) is 2. The van der Waals surface area contributed by atoms with Gasteiger partial charge in [-0.1, -0.05) is 13.3 Å². The normalized spacial score (nSPS) is 13.9. The summed E-state index contributed by atoms with van der Waals surface area (Å²) in [5, 5.41) is 10.6. The molecule has 0 saturated heterocycles. The van der Waals surface area contributed by atoms with Crippen molar-refractivity contribution >= 4 is 5.69 Å². The zero-order valence-corrected chi connectivity index (χ0v) is 11.6. The van der Waals surface area contributed by atoms with Crippen molar-refractivity contribution in [3.63, 3.8) is 0 Å². The number of imidazole rings is 1. The number of nitro groups is 1. The fourth-order valence-corrected chi connectivity index (χ4v) is 2.16. The predicted molar refractivity (Wildman–Crippen MR) is 77.1 cm³/mol. The Kier molecular flexibility index (Phi) is 3.85. The fraction of sp³-hybridized carbons (Fsp3) is 0.357. The van der Waals surface area contributed by atoms with Gasteiger partial charge >= 0.3 is 0 Å². The number of benzene rings is 1. The molecule has 106 valence electrons. The van der Waals surface area contributed by atoms with Crippen molar-refractivity contribution < 1.29 is 4.92 Å². The molecule has 1 aromatic heterocycles. The van der Waals surface area contributed by atoms with Gasteiger partial charge in [-0.3, -0.25) is 10.1 Å². The average Bonchev–Trinajstić information content (AvgIpc) is 2.89. The van der Waals surface area contributed by atoms with E-state index < -0.39 is 10.5 Å². The summed E-state index contributed by atoms with van der Waals surface area (Å²) in [6.45, 7) is 4.01. The molecular weight excluding hydrogens is 256 g/mol. The lowest BCUT2D eigenvalue weighted by molar-refractivity contribution is -0.384. The molecule has 6 heteroatoms. The molecule has 1 aromatic carbocycles. The van der Waals surface area contributed by atoms with E-state index in [-0.39, 0.29) is 5.69 Å². The lowest BCUT2D eigenvalue weighted by Gasteiger charge is -2.21. The second-order valence-electron chi connectivity index (χ2n) is 5.12. The number of hydrogen-bond acceptors (Lipinski definition) is 4. The maximum Gasteiger partial charge on any atom is 0.269 e. The van der Waals surface area contributed by atoms with Crippen molar-refractivity contribution in [1.29, 1.82) is 0 Å². The Morgan fingerprint density at radius 1 is 1.40 bits per heavy atom. The number of non-ortho nitro benzene ring substituents is 1. The standard InChI is InChI=1S/C14H18N4O2/c1-3-8-14(2,15)13-16-9-12(17-13)10-4-6-11(7-5-10)18(19)20/h4-7,9H,3,8,15H2,1-2H3,(H,16,17). The molecule has 0 amide bonds. The SMILES string of the molecule is CCCC(C)(N)c1ncc(-c2ccc([N+](=O)[O-])cc2)[nH]1. The van der Waals surface area contributed by atoms with E-state index in [0.717, 1.165) is 29.9 Å². The van der Waals surface area contributed by atoms with Gasteiger partial charge in [0.1, 0.15) is 5.82 Å². The highest BCUT2D eigenvalue weighted by atomic mass is 16.6. The van der Waals surface area contributed by atoms with Crippen molar-refractivity contribution in [2.45, 2.75) is 32.2 Å². The highest BCUT2D eigenvalue weighted by Gasteiger charge is 2.23. The highest BCUT2D eigenvalue weighted by Crippen LogP contribution is 2.25. The third-order valence-electron chi connectivity index (χ3n) is 3.28. The van der Waals surface area contributed by atoms with Crippen LogP contribution in [0.1, 0.15) is 32.5 Å². The van der Waals surface area contributed by atoms with Crippen LogP contribution in [0.4, 0.5) is 5.69 Å². The molecule has 3 N–H and O–H groups in total. The van der Waals surface area contributed by atoms with E-state index in [2.05, 4.69) is 16.9 Å². The van der Waals surface area contributed by atoms with E-state index in [4.69, 9.17) is 5.73 Å². The van der Waals surface area contributed by atoms with E-state index >= 15 is 0 Å². The number of H-pyrrole nitrogens is 1. The molecule has 0 spiro atoms. The van der Waals surface area contributed by atoms with E-state index in [1.807, 2.05) is 6.92 Å². The van der Waals surface area contributed by atoms with E-state index in [9.17, 15) is 10.1 Å². The van der Waals surface area contributed by atoms with Crippen LogP contribution in [-0.4, -0.2) is 14.9 Å². The summed E-state index contributed by atoms with van der Waals surface area (Å²) in [6.07, 6.45) is 3.51. The van der Waals surface area contributed by atoms with E-state index in [1.165, 1.54) is 12.1 Å². The zero-order chi connectivity index (χ0) is 14.8. The van der Waals surface area contributed by atoms with Crippen LogP contribution < -0.4 is 5.73 Å². The second-order valence-corrected chi connectivity index (χ2v) is 5.12. The Balaban J connectivity index is 2.26. The summed E-state index contributed by atoms with van der Waals surface area (Å²) in [4.78, 5) is 17.7. The van der Waals surface area contributed by atoms with Crippen LogP contribution in [0.3, 0.4) is 0 Å². The molecule has 1 atom stereocenters. The topological polar surface area (TPSA) is 97.8 Å². The average molecular weight is 274 g/mol. The van der Waals surface area contributed by atoms with Gasteiger partial charge < -0.3 is 10.7 Å². The predicted octanol–water partition coefficient (Wildman–Crippen LogP) is 2.96. The third kappa shape index (κ3) is 2.85. The molecule has 0 saturated carbocycles. The molecular formula is C14H18N4O2. The minimum absolute atomic E-state index is 0.0723. The Bertz CT molecular complexity index is 602. The lowest BCUT2D eigenvalue weighted by atomic mass is 9.97. The maximum absolute atomic E-state index is 10.6. The second kappa shape index (κ2) is 5.42. The first-order chi connectivity index (χ1) is 9.44. The first-order valence-electron chi connectivity index (χ1n) is 6.53. The Labute approximate surface area is 117 Å². The molecule has 0 aliphatic carbocycles. The van der Waals surface area contributed by atoms with Gasteiger partial charge in [-0.15, -0.1) is 0 Å². The van der Waals surface area contributed by atoms with Crippen LogP contribution in [-0.2, 0) is 5.54 Å². The first kappa shape index (κ1) is 14.2. The molecule has 1 heterocycles. The number of nitro benzene ring substituents is 1. The summed E-state index contributed by atoms with van der Waals surface area (Å²) < 4.78 is 0. The molecule has 20 heavy (non-hydrogen) atoms. The van der Waals surface area contributed by atoms with Gasteiger partial charge in [0.15, 0.2) is 0 Å². The largest absolute Gasteiger partial charge is 0.340 e. The number of nitrogens with one attached hydrogen (secondary N) is 1.